The highest BCUT2D eigenvalue weighted by Crippen LogP contribution is 2.24. The molecule has 0 aliphatic carbocycles. The van der Waals surface area contributed by atoms with Gasteiger partial charge in [0.1, 0.15) is 5.69 Å². The Bertz CT molecular complexity index is 965. The van der Waals surface area contributed by atoms with Gasteiger partial charge in [0.05, 0.1) is 4.70 Å². The Morgan fingerprint density at radius 1 is 1.15 bits per heavy atom. The minimum Gasteiger partial charge on any atom is -0.350 e. The molecule has 0 spiro atoms. The smallest absolute Gasteiger partial charge is 0.276 e. The van der Waals surface area contributed by atoms with Gasteiger partial charge in [0, 0.05) is 22.7 Å². The molecule has 2 amide bonds. The second kappa shape index (κ2) is 7.66. The number of hydrogen-bond acceptors (Lipinski definition) is 4. The van der Waals surface area contributed by atoms with Crippen LogP contribution >= 0.6 is 11.5 Å². The molecule has 0 radical (unpaired) electrons. The van der Waals surface area contributed by atoms with Crippen LogP contribution in [0.3, 0.4) is 0 Å². The number of carbonyl (C=O) groups is 2. The number of carbonyl (C=O) groups excluding carboxylic acids is 2. The van der Waals surface area contributed by atoms with E-state index in [-0.39, 0.29) is 17.9 Å². The van der Waals surface area contributed by atoms with Crippen LogP contribution in [0.5, 0.6) is 0 Å². The largest absolute Gasteiger partial charge is 0.350 e. The molecule has 3 aromatic rings. The number of benzene rings is 2. The zero-order chi connectivity index (χ0) is 18.7. The minimum absolute atomic E-state index is 0.100. The van der Waals surface area contributed by atoms with Gasteiger partial charge in [-0.15, -0.1) is 0 Å². The third-order valence-corrected chi connectivity index (χ3v) is 5.16. The topological polar surface area (TPSA) is 71.1 Å². The van der Waals surface area contributed by atoms with Crippen LogP contribution < -0.4 is 10.6 Å². The first-order valence-corrected chi connectivity index (χ1v) is 9.34. The molecule has 5 nitrogen and oxygen atoms in total. The van der Waals surface area contributed by atoms with E-state index in [1.54, 1.807) is 12.1 Å². The van der Waals surface area contributed by atoms with Crippen molar-refractivity contribution in [3.63, 3.8) is 0 Å². The molecule has 1 atom stereocenters. The lowest BCUT2D eigenvalue weighted by Gasteiger charge is -2.13. The Hall–Kier alpha value is -2.73. The number of amides is 2. The SMILES string of the molecule is CC[C@H](C)NC(=O)c1ccc(C)c(NC(=O)c2nsc3ccccc23)c1. The van der Waals surface area contributed by atoms with Crippen LogP contribution in [0.4, 0.5) is 5.69 Å². The van der Waals surface area contributed by atoms with Crippen LogP contribution in [0.1, 0.15) is 46.7 Å². The highest BCUT2D eigenvalue weighted by Gasteiger charge is 2.16. The van der Waals surface area contributed by atoms with Gasteiger partial charge in [0.25, 0.3) is 11.8 Å². The van der Waals surface area contributed by atoms with Crippen LogP contribution in [0.2, 0.25) is 0 Å². The van der Waals surface area contributed by atoms with Gasteiger partial charge in [0.15, 0.2) is 0 Å². The molecule has 26 heavy (non-hydrogen) atoms. The summed E-state index contributed by atoms with van der Waals surface area (Å²) >= 11 is 1.30. The average Bonchev–Trinajstić information content (AvgIpc) is 3.07. The van der Waals surface area contributed by atoms with Gasteiger partial charge in [-0.3, -0.25) is 9.59 Å². The summed E-state index contributed by atoms with van der Waals surface area (Å²) in [6.45, 7) is 5.87. The molecule has 0 saturated carbocycles. The average molecular weight is 367 g/mol. The van der Waals surface area contributed by atoms with Crippen molar-refractivity contribution < 1.29 is 9.59 Å². The minimum atomic E-state index is -0.273. The summed E-state index contributed by atoms with van der Waals surface area (Å²) in [4.78, 5) is 25.0. The number of aromatic nitrogens is 1. The Labute approximate surface area is 156 Å². The van der Waals surface area contributed by atoms with E-state index in [4.69, 9.17) is 0 Å². The summed E-state index contributed by atoms with van der Waals surface area (Å²) in [6.07, 6.45) is 0.859. The van der Waals surface area contributed by atoms with Gasteiger partial charge < -0.3 is 10.6 Å². The van der Waals surface area contributed by atoms with Crippen molar-refractivity contribution in [2.24, 2.45) is 0 Å². The van der Waals surface area contributed by atoms with E-state index < -0.39 is 0 Å². The highest BCUT2D eigenvalue weighted by molar-refractivity contribution is 7.13. The van der Waals surface area contributed by atoms with Crippen LogP contribution in [0.15, 0.2) is 42.5 Å². The molecule has 3 rings (SSSR count). The van der Waals surface area contributed by atoms with Crippen molar-refractivity contribution in [3.05, 3.63) is 59.3 Å². The first-order valence-electron chi connectivity index (χ1n) is 8.57. The molecular formula is C20H21N3O2S. The third kappa shape index (κ3) is 3.75. The first kappa shape index (κ1) is 18.1. The Balaban J connectivity index is 1.84. The van der Waals surface area contributed by atoms with Crippen LogP contribution in [-0.4, -0.2) is 22.2 Å². The lowest BCUT2D eigenvalue weighted by Crippen LogP contribution is -2.32. The quantitative estimate of drug-likeness (QED) is 0.703. The summed E-state index contributed by atoms with van der Waals surface area (Å²) in [6, 6.07) is 13.0. The zero-order valence-electron chi connectivity index (χ0n) is 15.0. The van der Waals surface area contributed by atoms with Gasteiger partial charge in [-0.25, -0.2) is 0 Å². The number of rotatable bonds is 5. The van der Waals surface area contributed by atoms with Crippen LogP contribution in [0.25, 0.3) is 10.1 Å². The molecule has 2 aromatic carbocycles. The van der Waals surface area contributed by atoms with Crippen LogP contribution in [0, 0.1) is 6.92 Å². The van der Waals surface area contributed by atoms with Crippen molar-refractivity contribution in [1.29, 1.82) is 0 Å². The fourth-order valence-electron chi connectivity index (χ4n) is 2.54. The molecule has 0 aliphatic heterocycles. The van der Waals surface area contributed by atoms with Gasteiger partial charge in [-0.1, -0.05) is 31.2 Å². The zero-order valence-corrected chi connectivity index (χ0v) is 15.8. The maximum Gasteiger partial charge on any atom is 0.276 e. The van der Waals surface area contributed by atoms with Crippen molar-refractivity contribution in [3.8, 4) is 0 Å². The molecule has 0 bridgehead atoms. The van der Waals surface area contributed by atoms with E-state index in [0.717, 1.165) is 22.1 Å². The van der Waals surface area contributed by atoms with Crippen molar-refractivity contribution in [2.45, 2.75) is 33.2 Å². The van der Waals surface area contributed by atoms with Gasteiger partial charge >= 0.3 is 0 Å². The van der Waals surface area contributed by atoms with E-state index in [1.807, 2.05) is 51.1 Å². The summed E-state index contributed by atoms with van der Waals surface area (Å²) in [7, 11) is 0. The second-order valence-electron chi connectivity index (χ2n) is 6.29. The number of hydrogen-bond donors (Lipinski definition) is 2. The van der Waals surface area contributed by atoms with E-state index in [9.17, 15) is 9.59 Å². The van der Waals surface area contributed by atoms with E-state index >= 15 is 0 Å². The van der Waals surface area contributed by atoms with E-state index in [0.29, 0.717) is 16.9 Å². The Kier molecular flexibility index (Phi) is 5.32. The predicted octanol–water partition coefficient (Wildman–Crippen LogP) is 4.39. The molecule has 6 heteroatoms. The maximum atomic E-state index is 12.7. The summed E-state index contributed by atoms with van der Waals surface area (Å²) < 4.78 is 5.25. The third-order valence-electron chi connectivity index (χ3n) is 4.33. The predicted molar refractivity (Wildman–Crippen MR) is 106 cm³/mol. The molecule has 2 N–H and O–H groups in total. The molecule has 0 fully saturated rings. The number of anilines is 1. The summed E-state index contributed by atoms with van der Waals surface area (Å²) in [5.74, 6) is -0.418. The molecular weight excluding hydrogens is 346 g/mol. The van der Waals surface area contributed by atoms with Crippen molar-refractivity contribution in [2.75, 3.05) is 5.32 Å². The molecule has 134 valence electrons. The molecule has 0 unspecified atom stereocenters. The van der Waals surface area contributed by atoms with Gasteiger partial charge in [-0.2, -0.15) is 4.37 Å². The Morgan fingerprint density at radius 3 is 2.69 bits per heavy atom. The van der Waals surface area contributed by atoms with Crippen LogP contribution in [-0.2, 0) is 0 Å². The van der Waals surface area contributed by atoms with Crippen molar-refractivity contribution in [1.82, 2.24) is 9.69 Å². The second-order valence-corrected chi connectivity index (χ2v) is 7.10. The van der Waals surface area contributed by atoms with Gasteiger partial charge in [-0.05, 0) is 55.6 Å². The molecule has 0 saturated heterocycles. The molecule has 1 aromatic heterocycles. The van der Waals surface area contributed by atoms with Gasteiger partial charge in [0.2, 0.25) is 0 Å². The standard InChI is InChI=1S/C20H21N3O2S/c1-4-13(3)21-19(24)14-10-9-12(2)16(11-14)22-20(25)18-15-7-5-6-8-17(15)26-23-18/h5-11,13H,4H2,1-3H3,(H,21,24)(H,22,25)/t13-/m0/s1. The lowest BCUT2D eigenvalue weighted by molar-refractivity contribution is 0.0938. The molecule has 0 aliphatic rings. The maximum absolute atomic E-state index is 12.7. The summed E-state index contributed by atoms with van der Waals surface area (Å²) in [5.41, 5.74) is 2.43. The van der Waals surface area contributed by atoms with Crippen molar-refractivity contribution >= 4 is 39.1 Å². The number of fused-ring (bicyclic) bond motifs is 1. The lowest BCUT2D eigenvalue weighted by atomic mass is 10.1. The normalized spacial score (nSPS) is 12.0. The van der Waals surface area contributed by atoms with E-state index in [2.05, 4.69) is 15.0 Å². The Morgan fingerprint density at radius 2 is 1.92 bits per heavy atom. The monoisotopic (exact) mass is 367 g/mol. The highest BCUT2D eigenvalue weighted by atomic mass is 32.1. The number of nitrogens with zero attached hydrogens (tertiary/aromatic N) is 1. The number of nitrogens with one attached hydrogen (secondary N) is 2. The first-order chi connectivity index (χ1) is 12.5. The fourth-order valence-corrected chi connectivity index (χ4v) is 3.31. The summed E-state index contributed by atoms with van der Waals surface area (Å²) in [5, 5.41) is 6.66. The number of aryl methyl sites for hydroxylation is 1. The fraction of sp³-hybridized carbons (Fsp3) is 0.250. The van der Waals surface area contributed by atoms with E-state index in [1.165, 1.54) is 11.5 Å². The molecule has 1 heterocycles.